The number of allylic oxidation sites excluding steroid dienone is 1. The van der Waals surface area contributed by atoms with E-state index in [0.717, 1.165) is 25.7 Å². The summed E-state index contributed by atoms with van der Waals surface area (Å²) in [5.74, 6) is 0.285. The van der Waals surface area contributed by atoms with Crippen LogP contribution in [0.3, 0.4) is 0 Å². The summed E-state index contributed by atoms with van der Waals surface area (Å²) in [5, 5.41) is 1.91. The van der Waals surface area contributed by atoms with Crippen LogP contribution in [0.4, 0.5) is 0 Å². The van der Waals surface area contributed by atoms with Crippen LogP contribution in [0.5, 0.6) is 0 Å². The smallest absolute Gasteiger partial charge is 0.238 e. The standard InChI is InChI=1S/C14H25NO3S/c1-4-5-10-19(17,18)12(3)14(16)15-13-8-6-11(2)7-9-13/h4-5,11-13H,6-10H2,1-3H3,(H,15,16)/b5-4+/t11?,12-,13?/m1/s1. The Balaban J connectivity index is 2.53. The SMILES string of the molecule is C/C=C/CS(=O)(=O)[C@H](C)C(=O)NC1CCC(C)CC1. The first-order valence-corrected chi connectivity index (χ1v) is 8.71. The molecule has 0 spiro atoms. The van der Waals surface area contributed by atoms with Crippen LogP contribution in [0.1, 0.15) is 46.5 Å². The van der Waals surface area contributed by atoms with Gasteiger partial charge in [-0.15, -0.1) is 0 Å². The third-order valence-electron chi connectivity index (χ3n) is 3.83. The molecular formula is C14H25NO3S. The van der Waals surface area contributed by atoms with Crippen LogP contribution in [-0.2, 0) is 14.6 Å². The Morgan fingerprint density at radius 1 is 1.32 bits per heavy atom. The van der Waals surface area contributed by atoms with Crippen molar-refractivity contribution >= 4 is 15.7 Å². The first-order chi connectivity index (χ1) is 8.86. The molecule has 1 aliphatic carbocycles. The summed E-state index contributed by atoms with van der Waals surface area (Å²) in [6.45, 7) is 5.45. The largest absolute Gasteiger partial charge is 0.352 e. The van der Waals surface area contributed by atoms with E-state index in [-0.39, 0.29) is 17.7 Å². The molecule has 0 radical (unpaired) electrons. The van der Waals surface area contributed by atoms with E-state index in [4.69, 9.17) is 0 Å². The molecule has 1 saturated carbocycles. The van der Waals surface area contributed by atoms with Crippen LogP contribution in [0.15, 0.2) is 12.2 Å². The number of sulfone groups is 1. The van der Waals surface area contributed by atoms with Crippen molar-refractivity contribution in [3.8, 4) is 0 Å². The van der Waals surface area contributed by atoms with Gasteiger partial charge in [0.1, 0.15) is 5.25 Å². The van der Waals surface area contributed by atoms with E-state index in [1.165, 1.54) is 6.92 Å². The molecule has 0 heterocycles. The lowest BCUT2D eigenvalue weighted by atomic mass is 9.87. The topological polar surface area (TPSA) is 63.2 Å². The number of hydrogen-bond acceptors (Lipinski definition) is 3. The zero-order chi connectivity index (χ0) is 14.5. The summed E-state index contributed by atoms with van der Waals surface area (Å²) in [7, 11) is -3.38. The number of carbonyl (C=O) groups excluding carboxylic acids is 1. The highest BCUT2D eigenvalue weighted by atomic mass is 32.2. The van der Waals surface area contributed by atoms with Gasteiger partial charge < -0.3 is 5.32 Å². The fraction of sp³-hybridized carbons (Fsp3) is 0.786. The van der Waals surface area contributed by atoms with Gasteiger partial charge in [-0.05, 0) is 45.4 Å². The summed E-state index contributed by atoms with van der Waals surface area (Å²) in [5.41, 5.74) is 0. The molecule has 1 N–H and O–H groups in total. The highest BCUT2D eigenvalue weighted by Crippen LogP contribution is 2.23. The third-order valence-corrected chi connectivity index (χ3v) is 5.78. The maximum atomic E-state index is 12.0. The lowest BCUT2D eigenvalue weighted by Crippen LogP contribution is -2.45. The van der Waals surface area contributed by atoms with Crippen molar-refractivity contribution in [1.29, 1.82) is 0 Å². The molecule has 0 aromatic rings. The number of carbonyl (C=O) groups is 1. The van der Waals surface area contributed by atoms with Crippen molar-refractivity contribution in [3.63, 3.8) is 0 Å². The van der Waals surface area contributed by atoms with Crippen molar-refractivity contribution in [1.82, 2.24) is 5.32 Å². The molecule has 5 heteroatoms. The fourth-order valence-electron chi connectivity index (χ4n) is 2.26. The number of amides is 1. The second-order valence-corrected chi connectivity index (χ2v) is 7.87. The van der Waals surface area contributed by atoms with Gasteiger partial charge in [0.05, 0.1) is 5.75 Å². The van der Waals surface area contributed by atoms with Crippen LogP contribution in [-0.4, -0.2) is 31.4 Å². The summed E-state index contributed by atoms with van der Waals surface area (Å²) in [4.78, 5) is 12.0. The van der Waals surface area contributed by atoms with Crippen LogP contribution in [0.2, 0.25) is 0 Å². The zero-order valence-electron chi connectivity index (χ0n) is 12.1. The van der Waals surface area contributed by atoms with Crippen molar-refractivity contribution in [2.75, 3.05) is 5.75 Å². The summed E-state index contributed by atoms with van der Waals surface area (Å²) >= 11 is 0. The minimum absolute atomic E-state index is 0.0697. The lowest BCUT2D eigenvalue weighted by molar-refractivity contribution is -0.121. The molecule has 4 nitrogen and oxygen atoms in total. The van der Waals surface area contributed by atoms with Crippen LogP contribution >= 0.6 is 0 Å². The Hall–Kier alpha value is -0.840. The van der Waals surface area contributed by atoms with Crippen LogP contribution < -0.4 is 5.32 Å². The van der Waals surface area contributed by atoms with Gasteiger partial charge in [-0.2, -0.15) is 0 Å². The van der Waals surface area contributed by atoms with E-state index in [2.05, 4.69) is 12.2 Å². The minimum atomic E-state index is -3.38. The van der Waals surface area contributed by atoms with Gasteiger partial charge in [-0.3, -0.25) is 4.79 Å². The Bertz CT molecular complexity index is 420. The van der Waals surface area contributed by atoms with Crippen LogP contribution in [0, 0.1) is 5.92 Å². The highest BCUT2D eigenvalue weighted by Gasteiger charge is 2.29. The molecule has 0 unspecified atom stereocenters. The normalized spacial score (nSPS) is 26.3. The fourth-order valence-corrected chi connectivity index (χ4v) is 3.40. The van der Waals surface area contributed by atoms with E-state index in [0.29, 0.717) is 5.92 Å². The van der Waals surface area contributed by atoms with Gasteiger partial charge >= 0.3 is 0 Å². The molecule has 1 aliphatic rings. The van der Waals surface area contributed by atoms with Crippen molar-refractivity contribution in [3.05, 3.63) is 12.2 Å². The number of rotatable bonds is 5. The molecule has 0 bridgehead atoms. The van der Waals surface area contributed by atoms with Crippen LogP contribution in [0.25, 0.3) is 0 Å². The molecule has 1 atom stereocenters. The van der Waals surface area contributed by atoms with E-state index in [9.17, 15) is 13.2 Å². The maximum Gasteiger partial charge on any atom is 0.238 e. The first kappa shape index (κ1) is 16.2. The third kappa shape index (κ3) is 4.97. The average molecular weight is 287 g/mol. The lowest BCUT2D eigenvalue weighted by Gasteiger charge is -2.27. The second-order valence-electron chi connectivity index (χ2n) is 5.51. The van der Waals surface area contributed by atoms with E-state index in [1.54, 1.807) is 19.1 Å². The Kier molecular flexibility index (Phi) is 6.04. The molecule has 1 rings (SSSR count). The summed E-state index contributed by atoms with van der Waals surface area (Å²) < 4.78 is 23.8. The van der Waals surface area contributed by atoms with Crippen molar-refractivity contribution < 1.29 is 13.2 Å². The molecule has 1 amide bonds. The van der Waals surface area contributed by atoms with E-state index < -0.39 is 15.1 Å². The minimum Gasteiger partial charge on any atom is -0.352 e. The van der Waals surface area contributed by atoms with E-state index >= 15 is 0 Å². The molecular weight excluding hydrogens is 262 g/mol. The molecule has 19 heavy (non-hydrogen) atoms. The Morgan fingerprint density at radius 2 is 1.89 bits per heavy atom. The molecule has 0 saturated heterocycles. The Morgan fingerprint density at radius 3 is 2.42 bits per heavy atom. The zero-order valence-corrected chi connectivity index (χ0v) is 12.9. The first-order valence-electron chi connectivity index (χ1n) is 7.00. The van der Waals surface area contributed by atoms with Gasteiger partial charge in [0.25, 0.3) is 0 Å². The maximum absolute atomic E-state index is 12.0. The van der Waals surface area contributed by atoms with E-state index in [1.807, 2.05) is 0 Å². The van der Waals surface area contributed by atoms with Gasteiger partial charge in [-0.1, -0.05) is 19.1 Å². The number of nitrogens with one attached hydrogen (secondary N) is 1. The second kappa shape index (κ2) is 7.08. The highest BCUT2D eigenvalue weighted by molar-refractivity contribution is 7.92. The predicted octanol–water partition coefficient (Wildman–Crippen LogP) is 2.06. The Labute approximate surface area is 116 Å². The molecule has 0 aliphatic heterocycles. The molecule has 110 valence electrons. The monoisotopic (exact) mass is 287 g/mol. The van der Waals surface area contributed by atoms with Gasteiger partial charge in [0, 0.05) is 6.04 Å². The molecule has 0 aromatic heterocycles. The molecule has 0 aromatic carbocycles. The summed E-state index contributed by atoms with van der Waals surface area (Å²) in [6.07, 6.45) is 7.37. The molecule has 1 fully saturated rings. The van der Waals surface area contributed by atoms with Crippen molar-refractivity contribution in [2.24, 2.45) is 5.92 Å². The average Bonchev–Trinajstić information content (AvgIpc) is 2.38. The predicted molar refractivity (Wildman–Crippen MR) is 77.6 cm³/mol. The van der Waals surface area contributed by atoms with Gasteiger partial charge in [0.2, 0.25) is 5.91 Å². The van der Waals surface area contributed by atoms with Crippen molar-refractivity contribution in [2.45, 2.75) is 57.7 Å². The summed E-state index contributed by atoms with van der Waals surface area (Å²) in [6, 6.07) is 0.142. The van der Waals surface area contributed by atoms with Gasteiger partial charge in [-0.25, -0.2) is 8.42 Å². The number of hydrogen-bond donors (Lipinski definition) is 1. The quantitative estimate of drug-likeness (QED) is 0.787. The van der Waals surface area contributed by atoms with Gasteiger partial charge in [0.15, 0.2) is 9.84 Å².